The van der Waals surface area contributed by atoms with Gasteiger partial charge in [0.05, 0.1) is 18.7 Å². The fraction of sp³-hybridized carbons (Fsp3) is 0.261. The molecule has 0 aliphatic heterocycles. The van der Waals surface area contributed by atoms with Crippen LogP contribution in [0.5, 0.6) is 5.75 Å². The quantitative estimate of drug-likeness (QED) is 0.585. The van der Waals surface area contributed by atoms with E-state index in [2.05, 4.69) is 15.6 Å². The molecular formula is C23H22FN3O3S. The van der Waals surface area contributed by atoms with E-state index in [1.54, 1.807) is 7.11 Å². The number of aryl methyl sites for hydroxylation is 1. The van der Waals surface area contributed by atoms with E-state index in [-0.39, 0.29) is 17.7 Å². The van der Waals surface area contributed by atoms with Crippen molar-refractivity contribution in [3.63, 3.8) is 0 Å². The first-order valence-electron chi connectivity index (χ1n) is 10.0. The topological polar surface area (TPSA) is 80.3 Å². The number of hydrogen-bond donors (Lipinski definition) is 2. The Kier molecular flexibility index (Phi) is 6.27. The van der Waals surface area contributed by atoms with Gasteiger partial charge in [0.2, 0.25) is 5.91 Å². The Labute approximate surface area is 183 Å². The van der Waals surface area contributed by atoms with Crippen molar-refractivity contribution in [3.8, 4) is 5.75 Å². The molecule has 0 spiro atoms. The van der Waals surface area contributed by atoms with Gasteiger partial charge in [-0.2, -0.15) is 0 Å². The van der Waals surface area contributed by atoms with Crippen molar-refractivity contribution in [2.24, 2.45) is 0 Å². The summed E-state index contributed by atoms with van der Waals surface area (Å²) in [5.41, 5.74) is 2.21. The minimum Gasteiger partial charge on any atom is -0.497 e. The lowest BCUT2D eigenvalue weighted by molar-refractivity contribution is -0.122. The summed E-state index contributed by atoms with van der Waals surface area (Å²) in [4.78, 5) is 30.5. The van der Waals surface area contributed by atoms with Gasteiger partial charge in [0.25, 0.3) is 5.91 Å². The van der Waals surface area contributed by atoms with Crippen molar-refractivity contribution in [3.05, 3.63) is 76.0 Å². The second kappa shape index (κ2) is 9.26. The highest BCUT2D eigenvalue weighted by Crippen LogP contribution is 2.38. The second-order valence-electron chi connectivity index (χ2n) is 7.27. The number of nitrogens with one attached hydrogen (secondary N) is 2. The number of carbonyl (C=O) groups excluding carboxylic acids is 2. The maximum atomic E-state index is 13.0. The Hall–Kier alpha value is -3.26. The molecule has 0 radical (unpaired) electrons. The standard InChI is InChI=1S/C23H22FN3O3S/c1-30-17-8-2-14(3-9-17)12-13-25-22(29)18-10-11-19-20(18)26-23(31-19)27-21(28)15-4-6-16(24)7-5-15/h2-9,18H,10-13H2,1H3,(H,25,29)(H,26,27,28)/t18-/m0/s1. The molecule has 4 rings (SSSR count). The average molecular weight is 440 g/mol. The maximum Gasteiger partial charge on any atom is 0.257 e. The van der Waals surface area contributed by atoms with Crippen LogP contribution in [0.4, 0.5) is 9.52 Å². The highest BCUT2D eigenvalue weighted by molar-refractivity contribution is 7.16. The predicted molar refractivity (Wildman–Crippen MR) is 117 cm³/mol. The summed E-state index contributed by atoms with van der Waals surface area (Å²) in [5, 5.41) is 6.19. The number of thiazole rings is 1. The van der Waals surface area contributed by atoms with Crippen LogP contribution in [-0.2, 0) is 17.6 Å². The molecule has 2 amide bonds. The average Bonchev–Trinajstić information content (AvgIpc) is 3.34. The number of rotatable bonds is 7. The van der Waals surface area contributed by atoms with Crippen molar-refractivity contribution < 1.29 is 18.7 Å². The van der Waals surface area contributed by atoms with Gasteiger partial charge in [0.15, 0.2) is 5.13 Å². The molecule has 1 atom stereocenters. The zero-order valence-corrected chi connectivity index (χ0v) is 17.8. The number of carbonyl (C=O) groups is 2. The van der Waals surface area contributed by atoms with Gasteiger partial charge < -0.3 is 10.1 Å². The number of nitrogens with zero attached hydrogens (tertiary/aromatic N) is 1. The molecule has 1 heterocycles. The zero-order chi connectivity index (χ0) is 21.8. The fourth-order valence-electron chi connectivity index (χ4n) is 3.55. The molecule has 3 aromatic rings. The lowest BCUT2D eigenvalue weighted by atomic mass is 10.1. The molecule has 2 N–H and O–H groups in total. The molecule has 0 saturated heterocycles. The number of fused-ring (bicyclic) bond motifs is 1. The van der Waals surface area contributed by atoms with Crippen LogP contribution in [0.3, 0.4) is 0 Å². The molecule has 2 aromatic carbocycles. The highest BCUT2D eigenvalue weighted by atomic mass is 32.1. The SMILES string of the molecule is COc1ccc(CCNC(=O)[C@H]2CCc3sc(NC(=O)c4ccc(F)cc4)nc32)cc1. The van der Waals surface area contributed by atoms with E-state index < -0.39 is 5.82 Å². The summed E-state index contributed by atoms with van der Waals surface area (Å²) in [7, 11) is 1.63. The summed E-state index contributed by atoms with van der Waals surface area (Å²) < 4.78 is 18.2. The zero-order valence-electron chi connectivity index (χ0n) is 17.0. The molecule has 1 aliphatic carbocycles. The summed E-state index contributed by atoms with van der Waals surface area (Å²) in [6, 6.07) is 13.1. The van der Waals surface area contributed by atoms with E-state index in [0.29, 0.717) is 23.7 Å². The molecular weight excluding hydrogens is 417 g/mol. The van der Waals surface area contributed by atoms with Crippen molar-refractivity contribution >= 4 is 28.3 Å². The van der Waals surface area contributed by atoms with Crippen LogP contribution in [0.15, 0.2) is 48.5 Å². The summed E-state index contributed by atoms with van der Waals surface area (Å²) in [5.74, 6) is -0.303. The molecule has 0 fully saturated rings. The monoisotopic (exact) mass is 439 g/mol. The van der Waals surface area contributed by atoms with Crippen molar-refractivity contribution in [1.82, 2.24) is 10.3 Å². The largest absolute Gasteiger partial charge is 0.497 e. The van der Waals surface area contributed by atoms with Gasteiger partial charge in [-0.1, -0.05) is 12.1 Å². The second-order valence-corrected chi connectivity index (χ2v) is 8.35. The van der Waals surface area contributed by atoms with E-state index in [1.165, 1.54) is 35.6 Å². The number of ether oxygens (including phenoxy) is 1. The Morgan fingerprint density at radius 2 is 1.90 bits per heavy atom. The van der Waals surface area contributed by atoms with E-state index in [4.69, 9.17) is 4.74 Å². The molecule has 8 heteroatoms. The van der Waals surface area contributed by atoms with E-state index in [0.717, 1.165) is 34.7 Å². The number of anilines is 1. The first kappa shape index (κ1) is 21.0. The third-order valence-electron chi connectivity index (χ3n) is 5.23. The molecule has 1 aliphatic rings. The van der Waals surface area contributed by atoms with E-state index in [1.807, 2.05) is 24.3 Å². The minimum absolute atomic E-state index is 0.0472. The Bertz CT molecular complexity index is 1080. The van der Waals surface area contributed by atoms with Crippen LogP contribution in [0.1, 0.15) is 38.8 Å². The van der Waals surface area contributed by atoms with Crippen LogP contribution >= 0.6 is 11.3 Å². The summed E-state index contributed by atoms with van der Waals surface area (Å²) in [6.45, 7) is 0.537. The van der Waals surface area contributed by atoms with Crippen LogP contribution < -0.4 is 15.4 Å². The number of benzene rings is 2. The summed E-state index contributed by atoms with van der Waals surface area (Å²) >= 11 is 1.38. The minimum atomic E-state index is -0.398. The lowest BCUT2D eigenvalue weighted by Gasteiger charge is -2.11. The van der Waals surface area contributed by atoms with Gasteiger partial charge in [0.1, 0.15) is 11.6 Å². The normalized spacial score (nSPS) is 14.7. The van der Waals surface area contributed by atoms with Crippen LogP contribution in [0, 0.1) is 5.82 Å². The summed E-state index contributed by atoms with van der Waals surface area (Å²) in [6.07, 6.45) is 2.20. The number of halogens is 1. The van der Waals surface area contributed by atoms with Crippen molar-refractivity contribution in [2.45, 2.75) is 25.2 Å². The van der Waals surface area contributed by atoms with Gasteiger partial charge >= 0.3 is 0 Å². The van der Waals surface area contributed by atoms with Crippen molar-refractivity contribution in [2.75, 3.05) is 19.0 Å². The van der Waals surface area contributed by atoms with Gasteiger partial charge in [-0.15, -0.1) is 11.3 Å². The number of methoxy groups -OCH3 is 1. The van der Waals surface area contributed by atoms with Crippen molar-refractivity contribution in [1.29, 1.82) is 0 Å². The third-order valence-corrected chi connectivity index (χ3v) is 6.28. The van der Waals surface area contributed by atoms with E-state index in [9.17, 15) is 14.0 Å². The smallest absolute Gasteiger partial charge is 0.257 e. The molecule has 160 valence electrons. The first-order chi connectivity index (χ1) is 15.0. The third kappa shape index (κ3) is 4.91. The molecule has 31 heavy (non-hydrogen) atoms. The molecule has 0 saturated carbocycles. The Morgan fingerprint density at radius 1 is 1.16 bits per heavy atom. The first-order valence-corrected chi connectivity index (χ1v) is 10.8. The van der Waals surface area contributed by atoms with Crippen LogP contribution in [0.2, 0.25) is 0 Å². The Balaban J connectivity index is 1.33. The Morgan fingerprint density at radius 3 is 2.61 bits per heavy atom. The number of hydrogen-bond acceptors (Lipinski definition) is 5. The number of aromatic nitrogens is 1. The lowest BCUT2D eigenvalue weighted by Crippen LogP contribution is -2.30. The maximum absolute atomic E-state index is 13.0. The van der Waals surface area contributed by atoms with Gasteiger partial charge in [-0.05, 0) is 61.2 Å². The van der Waals surface area contributed by atoms with Crippen LogP contribution in [-0.4, -0.2) is 30.5 Å². The molecule has 6 nitrogen and oxygen atoms in total. The van der Waals surface area contributed by atoms with E-state index >= 15 is 0 Å². The van der Waals surface area contributed by atoms with Gasteiger partial charge in [-0.25, -0.2) is 9.37 Å². The van der Waals surface area contributed by atoms with Gasteiger partial charge in [-0.3, -0.25) is 14.9 Å². The highest BCUT2D eigenvalue weighted by Gasteiger charge is 2.32. The number of amides is 2. The molecule has 0 bridgehead atoms. The predicted octanol–water partition coefficient (Wildman–Crippen LogP) is 3.93. The fourth-order valence-corrected chi connectivity index (χ4v) is 4.59. The molecule has 1 aromatic heterocycles. The molecule has 0 unspecified atom stereocenters. The van der Waals surface area contributed by atoms with Gasteiger partial charge in [0, 0.05) is 17.0 Å². The van der Waals surface area contributed by atoms with Crippen LogP contribution in [0.25, 0.3) is 0 Å².